The van der Waals surface area contributed by atoms with E-state index in [0.717, 1.165) is 11.4 Å². The van der Waals surface area contributed by atoms with Crippen molar-refractivity contribution < 1.29 is 23.7 Å². The van der Waals surface area contributed by atoms with Crippen molar-refractivity contribution >= 4 is 33.3 Å². The van der Waals surface area contributed by atoms with E-state index < -0.39 is 23.9 Å². The number of hydrogen-bond donors (Lipinski definition) is 3. The maximum absolute atomic E-state index is 14.4. The van der Waals surface area contributed by atoms with Gasteiger partial charge in [0.1, 0.15) is 24.4 Å². The van der Waals surface area contributed by atoms with Crippen molar-refractivity contribution in [2.75, 3.05) is 11.5 Å². The lowest BCUT2D eigenvalue weighted by molar-refractivity contribution is -0.193. The maximum Gasteiger partial charge on any atom is 0.164 e. The summed E-state index contributed by atoms with van der Waals surface area (Å²) in [7, 11) is 0. The number of nitrogens with two attached hydrogens (primary N) is 1. The zero-order valence-electron chi connectivity index (χ0n) is 14.6. The van der Waals surface area contributed by atoms with Crippen LogP contribution in [0.2, 0.25) is 0 Å². The van der Waals surface area contributed by atoms with Gasteiger partial charge in [0, 0.05) is 11.9 Å². The Hall–Kier alpha value is -1.59. The Morgan fingerprint density at radius 1 is 1.38 bits per heavy atom. The average molecular weight is 384 g/mol. The number of hydrogen-bond acceptors (Lipinski definition) is 6. The normalized spacial score (nSPS) is 31.2. The molecule has 26 heavy (non-hydrogen) atoms. The molecule has 3 N–H and O–H groups in total. The first-order chi connectivity index (χ1) is 12.3. The zero-order valence-corrected chi connectivity index (χ0v) is 15.5. The van der Waals surface area contributed by atoms with Gasteiger partial charge < -0.3 is 29.6 Å². The molecule has 0 spiro atoms. The highest BCUT2D eigenvalue weighted by molar-refractivity contribution is 7.98. The molecule has 0 aromatic carbocycles. The molecule has 2 saturated heterocycles. The first kappa shape index (κ1) is 17.8. The fourth-order valence-electron chi connectivity index (χ4n) is 3.51. The second kappa shape index (κ2) is 6.24. The fourth-order valence-corrected chi connectivity index (χ4v) is 4.25. The smallest absolute Gasteiger partial charge is 0.164 e. The molecule has 142 valence electrons. The molecule has 0 saturated carbocycles. The molecule has 4 heterocycles. The van der Waals surface area contributed by atoms with Crippen molar-refractivity contribution in [2.24, 2.45) is 0 Å². The van der Waals surface area contributed by atoms with Crippen LogP contribution in [0.4, 0.5) is 10.2 Å². The summed E-state index contributed by atoms with van der Waals surface area (Å²) in [6.07, 6.45) is 0.889. The third-order valence-electron chi connectivity index (χ3n) is 4.49. The molecule has 8 nitrogen and oxygen atoms in total. The summed E-state index contributed by atoms with van der Waals surface area (Å²) in [5.41, 5.74) is 6.14. The van der Waals surface area contributed by atoms with Crippen molar-refractivity contribution in [3.05, 3.63) is 18.3 Å². The van der Waals surface area contributed by atoms with Crippen LogP contribution in [0.5, 0.6) is 0 Å². The quantitative estimate of drug-likeness (QED) is 0.547. The molecule has 0 radical (unpaired) electrons. The van der Waals surface area contributed by atoms with Gasteiger partial charge in [0.2, 0.25) is 0 Å². The van der Waals surface area contributed by atoms with E-state index in [2.05, 4.69) is 9.97 Å². The zero-order chi connectivity index (χ0) is 18.6. The van der Waals surface area contributed by atoms with Gasteiger partial charge in [-0.25, -0.2) is 14.4 Å². The molecule has 2 aliphatic heterocycles. The number of aromatic nitrogens is 3. The van der Waals surface area contributed by atoms with Gasteiger partial charge in [-0.15, -0.1) is 0 Å². The standard InChI is InChI=1S/C16H21FN4O4S/c1-7(22)26-5-9-11-12(25-16(2,3)24-11)15(23-9)21-4-8(17)10-13(18)19-6-20-14(10)21/h4,6,9,11-12,15,22,26H,5H2,1-3H3,(H2,18,19,20)/t9-,11-,12-,15-/m1/s1. The fraction of sp³-hybridized carbons (Fsp3) is 0.562. The number of nitrogens with zero attached hydrogens (tertiary/aromatic N) is 3. The number of ether oxygens (including phenoxy) is 3. The predicted molar refractivity (Wildman–Crippen MR) is 96.8 cm³/mol. The Labute approximate surface area is 153 Å². The predicted octanol–water partition coefficient (Wildman–Crippen LogP) is 1.74. The highest BCUT2D eigenvalue weighted by Crippen LogP contribution is 2.44. The molecule has 4 atom stereocenters. The number of thiol groups is 1. The number of nitrogen functional groups attached to an aromatic ring is 1. The van der Waals surface area contributed by atoms with Gasteiger partial charge >= 0.3 is 0 Å². The molecule has 0 unspecified atom stereocenters. The van der Waals surface area contributed by atoms with E-state index in [1.165, 1.54) is 12.5 Å². The van der Waals surface area contributed by atoms with Gasteiger partial charge in [-0.1, -0.05) is 0 Å². The monoisotopic (exact) mass is 384 g/mol. The molecule has 0 amide bonds. The summed E-state index contributed by atoms with van der Waals surface area (Å²) >= 11 is 0.747. The van der Waals surface area contributed by atoms with Crippen molar-refractivity contribution in [1.82, 2.24) is 14.5 Å². The van der Waals surface area contributed by atoms with E-state index in [0.29, 0.717) is 16.5 Å². The van der Waals surface area contributed by atoms with Crippen molar-refractivity contribution in [3.8, 4) is 0 Å². The molecule has 2 aromatic rings. The van der Waals surface area contributed by atoms with Gasteiger partial charge in [-0.05, 0) is 20.8 Å². The van der Waals surface area contributed by atoms with E-state index in [1.807, 2.05) is 13.8 Å². The summed E-state index contributed by atoms with van der Waals surface area (Å²) in [5, 5.41) is 9.96. The molecular formula is C16H21FN4O4S. The molecular weight excluding hydrogens is 363 g/mol. The third kappa shape index (κ3) is 2.91. The lowest BCUT2D eigenvalue weighted by Gasteiger charge is -2.24. The number of fused-ring (bicyclic) bond motifs is 2. The minimum absolute atomic E-state index is 0.0743. The van der Waals surface area contributed by atoms with Gasteiger partial charge in [0.05, 0.1) is 16.5 Å². The Morgan fingerprint density at radius 3 is 2.85 bits per heavy atom. The molecule has 4 rings (SSSR count). The Morgan fingerprint density at radius 2 is 2.12 bits per heavy atom. The Kier molecular flexibility index (Phi) is 4.27. The van der Waals surface area contributed by atoms with Crippen LogP contribution in [0.1, 0.15) is 27.0 Å². The van der Waals surface area contributed by atoms with Crippen LogP contribution in [-0.2, 0) is 14.2 Å². The van der Waals surface area contributed by atoms with Crippen molar-refractivity contribution in [3.63, 3.8) is 0 Å². The van der Waals surface area contributed by atoms with Crippen LogP contribution in [-0.4, -0.2) is 54.5 Å². The summed E-state index contributed by atoms with van der Waals surface area (Å²) in [6, 6.07) is 0. The first-order valence-electron chi connectivity index (χ1n) is 8.24. The van der Waals surface area contributed by atoms with Crippen LogP contribution >= 0.6 is 11.4 Å². The van der Waals surface area contributed by atoms with Gasteiger partial charge in [-0.3, -0.25) is 0 Å². The number of rotatable bonds is 3. The minimum Gasteiger partial charge on any atom is -0.383 e. The first-order valence-corrected chi connectivity index (χ1v) is 9.32. The van der Waals surface area contributed by atoms with Gasteiger partial charge in [-0.2, -0.15) is 11.4 Å². The van der Waals surface area contributed by atoms with E-state index in [1.54, 1.807) is 11.5 Å². The van der Waals surface area contributed by atoms with Crippen molar-refractivity contribution in [1.29, 1.82) is 0 Å². The summed E-state index contributed by atoms with van der Waals surface area (Å²) in [6.45, 7) is 5.29. The Balaban J connectivity index is 1.75. The largest absolute Gasteiger partial charge is 0.383 e. The molecule has 2 fully saturated rings. The lowest BCUT2D eigenvalue weighted by atomic mass is 10.1. The number of halogens is 1. The van der Waals surface area contributed by atoms with Crippen LogP contribution in [0, 0.1) is 5.82 Å². The highest BCUT2D eigenvalue weighted by Gasteiger charge is 2.55. The summed E-state index contributed by atoms with van der Waals surface area (Å²) < 4.78 is 34.2. The van der Waals surface area contributed by atoms with Crippen LogP contribution < -0.4 is 5.73 Å². The number of aliphatic hydroxyl groups excluding tert-OH is 1. The molecule has 10 heteroatoms. The van der Waals surface area contributed by atoms with Crippen LogP contribution in [0.25, 0.3) is 11.0 Å². The van der Waals surface area contributed by atoms with E-state index in [-0.39, 0.29) is 23.4 Å². The molecule has 2 aliphatic rings. The lowest BCUT2D eigenvalue weighted by Crippen LogP contribution is -2.31. The second-order valence-corrected chi connectivity index (χ2v) is 8.19. The van der Waals surface area contributed by atoms with E-state index in [9.17, 15) is 9.50 Å². The molecule has 0 aliphatic carbocycles. The summed E-state index contributed by atoms with van der Waals surface area (Å²) in [4.78, 5) is 8.01. The van der Waals surface area contributed by atoms with Crippen LogP contribution in [0.3, 0.4) is 0 Å². The number of aliphatic hydroxyl groups is 1. The molecule has 0 bridgehead atoms. The SMILES string of the molecule is CC(O)=[SH]C[C@H]1O[C@@H](n2cc(F)c3c(N)ncnc32)[C@@H]2OC(C)(C)O[C@@H]21. The van der Waals surface area contributed by atoms with E-state index >= 15 is 0 Å². The van der Waals surface area contributed by atoms with Gasteiger partial charge in [0.15, 0.2) is 23.5 Å². The second-order valence-electron chi connectivity index (χ2n) is 6.86. The number of anilines is 1. The van der Waals surface area contributed by atoms with E-state index in [4.69, 9.17) is 19.9 Å². The average Bonchev–Trinajstić information content (AvgIpc) is 3.15. The maximum atomic E-state index is 14.4. The minimum atomic E-state index is -0.778. The van der Waals surface area contributed by atoms with Gasteiger partial charge in [0.25, 0.3) is 0 Å². The topological polar surface area (TPSA) is 105 Å². The molecule has 2 aromatic heterocycles. The van der Waals surface area contributed by atoms with Crippen LogP contribution in [0.15, 0.2) is 12.5 Å². The Bertz CT molecular complexity index is 883. The third-order valence-corrected chi connectivity index (χ3v) is 5.49. The summed E-state index contributed by atoms with van der Waals surface area (Å²) in [5.74, 6) is -0.680. The highest BCUT2D eigenvalue weighted by atomic mass is 32.1. The van der Waals surface area contributed by atoms with Crippen molar-refractivity contribution in [2.45, 2.75) is 51.1 Å².